The van der Waals surface area contributed by atoms with E-state index < -0.39 is 0 Å². The zero-order valence-electron chi connectivity index (χ0n) is 14.6. The average molecular weight is 347 g/mol. The van der Waals surface area contributed by atoms with E-state index in [1.807, 2.05) is 33.4 Å². The first-order valence-electron chi connectivity index (χ1n) is 8.52. The van der Waals surface area contributed by atoms with Crippen LogP contribution in [0.2, 0.25) is 0 Å². The van der Waals surface area contributed by atoms with Crippen molar-refractivity contribution in [1.29, 1.82) is 0 Å². The summed E-state index contributed by atoms with van der Waals surface area (Å²) in [5, 5.41) is 3.84. The van der Waals surface area contributed by atoms with Gasteiger partial charge in [0.1, 0.15) is 10.7 Å². The Morgan fingerprint density at radius 1 is 1.46 bits per heavy atom. The lowest BCUT2D eigenvalue weighted by Crippen LogP contribution is -2.44. The molecule has 3 rings (SSSR count). The van der Waals surface area contributed by atoms with E-state index in [0.29, 0.717) is 6.04 Å². The smallest absolute Gasteiger partial charge is 0.266 e. The molecule has 0 aliphatic carbocycles. The van der Waals surface area contributed by atoms with Crippen LogP contribution in [0.25, 0.3) is 0 Å². The number of nitrogens with zero attached hydrogens (tertiary/aromatic N) is 4. The quantitative estimate of drug-likeness (QED) is 0.903. The highest BCUT2D eigenvalue weighted by Gasteiger charge is 2.29. The molecule has 2 aromatic rings. The molecule has 1 N–H and O–H groups in total. The fourth-order valence-electron chi connectivity index (χ4n) is 3.33. The van der Waals surface area contributed by atoms with E-state index in [9.17, 15) is 4.79 Å². The highest BCUT2D eigenvalue weighted by molar-refractivity contribution is 7.17. The molecular weight excluding hydrogens is 322 g/mol. The number of carbonyl (C=O) groups is 1. The number of thiazole rings is 1. The molecule has 2 aromatic heterocycles. The van der Waals surface area contributed by atoms with Gasteiger partial charge in [0.25, 0.3) is 5.91 Å². The van der Waals surface area contributed by atoms with Crippen molar-refractivity contribution in [2.75, 3.05) is 18.9 Å². The fourth-order valence-corrected chi connectivity index (χ4v) is 4.21. The topological polar surface area (TPSA) is 63.1 Å². The minimum Gasteiger partial charge on any atom is -0.365 e. The molecule has 0 spiro atoms. The largest absolute Gasteiger partial charge is 0.365 e. The number of aryl methyl sites for hydroxylation is 3. The van der Waals surface area contributed by atoms with Gasteiger partial charge in [-0.05, 0) is 32.6 Å². The van der Waals surface area contributed by atoms with Crippen LogP contribution in [0.3, 0.4) is 0 Å². The van der Waals surface area contributed by atoms with Crippen LogP contribution in [0, 0.1) is 6.92 Å². The zero-order chi connectivity index (χ0) is 17.1. The van der Waals surface area contributed by atoms with Gasteiger partial charge in [0.2, 0.25) is 0 Å². The molecule has 3 heterocycles. The van der Waals surface area contributed by atoms with Crippen LogP contribution in [-0.4, -0.2) is 45.0 Å². The monoisotopic (exact) mass is 347 g/mol. The Bertz CT molecular complexity index is 708. The van der Waals surface area contributed by atoms with E-state index in [0.717, 1.165) is 53.8 Å². The molecule has 6 nitrogen and oxygen atoms in total. The Morgan fingerprint density at radius 2 is 2.29 bits per heavy atom. The van der Waals surface area contributed by atoms with Crippen molar-refractivity contribution in [3.8, 4) is 0 Å². The summed E-state index contributed by atoms with van der Waals surface area (Å²) < 4.78 is 2.06. The predicted molar refractivity (Wildman–Crippen MR) is 96.6 cm³/mol. The lowest BCUT2D eigenvalue weighted by atomic mass is 9.97. The van der Waals surface area contributed by atoms with Gasteiger partial charge >= 0.3 is 0 Å². The maximum absolute atomic E-state index is 13.0. The molecule has 0 radical (unpaired) electrons. The van der Waals surface area contributed by atoms with Crippen molar-refractivity contribution >= 4 is 22.4 Å². The number of likely N-dealkylation sites (tertiary alicyclic amines) is 1. The summed E-state index contributed by atoms with van der Waals surface area (Å²) in [7, 11) is 3.86. The number of carbonyl (C=O) groups excluding carboxylic acids is 1. The highest BCUT2D eigenvalue weighted by Crippen LogP contribution is 2.28. The Balaban J connectivity index is 1.72. The molecule has 1 saturated heterocycles. The Labute approximate surface area is 146 Å². The van der Waals surface area contributed by atoms with Crippen molar-refractivity contribution < 1.29 is 4.79 Å². The first kappa shape index (κ1) is 17.0. The van der Waals surface area contributed by atoms with E-state index in [1.54, 1.807) is 0 Å². The third kappa shape index (κ3) is 3.45. The molecule has 0 saturated carbocycles. The van der Waals surface area contributed by atoms with Gasteiger partial charge in [0.15, 0.2) is 5.13 Å². The van der Waals surface area contributed by atoms with Crippen molar-refractivity contribution in [2.24, 2.45) is 7.05 Å². The van der Waals surface area contributed by atoms with Crippen LogP contribution in [0.4, 0.5) is 5.13 Å². The minimum atomic E-state index is 0.135. The van der Waals surface area contributed by atoms with Crippen molar-refractivity contribution in [1.82, 2.24) is 19.4 Å². The van der Waals surface area contributed by atoms with Crippen LogP contribution in [0.1, 0.15) is 46.9 Å². The maximum Gasteiger partial charge on any atom is 0.266 e. The predicted octanol–water partition coefficient (Wildman–Crippen LogP) is 2.85. The number of imidazole rings is 1. The average Bonchev–Trinajstić information content (AvgIpc) is 3.18. The molecule has 7 heteroatoms. The molecule has 1 aliphatic heterocycles. The van der Waals surface area contributed by atoms with Gasteiger partial charge in [-0.1, -0.05) is 11.3 Å². The van der Waals surface area contributed by atoms with Gasteiger partial charge in [-0.15, -0.1) is 0 Å². The summed E-state index contributed by atoms with van der Waals surface area (Å²) in [6, 6.07) is 0.294. The summed E-state index contributed by atoms with van der Waals surface area (Å²) in [6.45, 7) is 2.76. The summed E-state index contributed by atoms with van der Waals surface area (Å²) >= 11 is 1.45. The molecule has 130 valence electrons. The van der Waals surface area contributed by atoms with Crippen LogP contribution in [0.15, 0.2) is 12.4 Å². The molecule has 1 unspecified atom stereocenters. The zero-order valence-corrected chi connectivity index (χ0v) is 15.4. The molecule has 24 heavy (non-hydrogen) atoms. The Kier molecular flexibility index (Phi) is 5.18. The van der Waals surface area contributed by atoms with Crippen LogP contribution < -0.4 is 5.32 Å². The van der Waals surface area contributed by atoms with Crippen LogP contribution >= 0.6 is 11.3 Å². The normalized spacial score (nSPS) is 18.0. The molecule has 1 fully saturated rings. The number of hydrogen-bond acceptors (Lipinski definition) is 5. The van der Waals surface area contributed by atoms with Crippen molar-refractivity contribution in [3.05, 3.63) is 28.8 Å². The molecule has 0 aromatic carbocycles. The van der Waals surface area contributed by atoms with E-state index in [-0.39, 0.29) is 5.91 Å². The van der Waals surface area contributed by atoms with Crippen molar-refractivity contribution in [3.63, 3.8) is 0 Å². The van der Waals surface area contributed by atoms with E-state index in [4.69, 9.17) is 0 Å². The summed E-state index contributed by atoms with van der Waals surface area (Å²) in [5.41, 5.74) is 0.822. The molecule has 0 bridgehead atoms. The number of piperidine rings is 1. The lowest BCUT2D eigenvalue weighted by Gasteiger charge is -2.35. The third-order valence-electron chi connectivity index (χ3n) is 4.71. The van der Waals surface area contributed by atoms with E-state index >= 15 is 0 Å². The summed E-state index contributed by atoms with van der Waals surface area (Å²) in [5.74, 6) is 1.22. The number of aromatic nitrogens is 3. The second-order valence-corrected chi connectivity index (χ2v) is 7.32. The molecule has 1 amide bonds. The van der Waals surface area contributed by atoms with Crippen LogP contribution in [-0.2, 0) is 13.5 Å². The lowest BCUT2D eigenvalue weighted by molar-refractivity contribution is 0.0605. The first-order chi connectivity index (χ1) is 11.6. The van der Waals surface area contributed by atoms with Gasteiger partial charge in [0, 0.05) is 45.5 Å². The number of rotatable bonds is 5. The summed E-state index contributed by atoms with van der Waals surface area (Å²) in [6.07, 6.45) is 9.03. The Hall–Kier alpha value is -1.89. The highest BCUT2D eigenvalue weighted by atomic mass is 32.1. The number of amides is 1. The first-order valence-corrected chi connectivity index (χ1v) is 9.34. The number of nitrogens with one attached hydrogen (secondary N) is 1. The van der Waals surface area contributed by atoms with Gasteiger partial charge in [-0.25, -0.2) is 9.97 Å². The van der Waals surface area contributed by atoms with Gasteiger partial charge in [0.05, 0.1) is 5.69 Å². The third-order valence-corrected chi connectivity index (χ3v) is 5.88. The maximum atomic E-state index is 13.0. The minimum absolute atomic E-state index is 0.135. The van der Waals surface area contributed by atoms with Crippen molar-refractivity contribution in [2.45, 2.75) is 45.1 Å². The molecule has 1 atom stereocenters. The van der Waals surface area contributed by atoms with Crippen LogP contribution in [0.5, 0.6) is 0 Å². The van der Waals surface area contributed by atoms with Gasteiger partial charge in [-0.2, -0.15) is 0 Å². The number of hydrogen-bond donors (Lipinski definition) is 1. The van der Waals surface area contributed by atoms with Gasteiger partial charge in [-0.3, -0.25) is 4.79 Å². The SMILES string of the molecule is CNc1nc(C)c(C(=O)N2CCCCC2CCc2nccn2C)s1. The fraction of sp³-hybridized carbons (Fsp3) is 0.588. The molecule has 1 aliphatic rings. The molecular formula is C17H25N5OS. The Morgan fingerprint density at radius 3 is 2.96 bits per heavy atom. The van der Waals surface area contributed by atoms with E-state index in [1.165, 1.54) is 17.8 Å². The second-order valence-electron chi connectivity index (χ2n) is 6.32. The summed E-state index contributed by atoms with van der Waals surface area (Å²) in [4.78, 5) is 24.7. The second kappa shape index (κ2) is 7.34. The van der Waals surface area contributed by atoms with Gasteiger partial charge < -0.3 is 14.8 Å². The standard InChI is InChI=1S/C17H25N5OS/c1-12-15(24-17(18-2)20-12)16(23)22-10-5-4-6-13(22)7-8-14-19-9-11-21(14)3/h9,11,13H,4-8,10H2,1-3H3,(H,18,20). The number of anilines is 1. The van der Waals surface area contributed by atoms with E-state index in [2.05, 4.69) is 24.8 Å².